The number of benzene rings is 1. The molecule has 0 amide bonds. The van der Waals surface area contributed by atoms with Gasteiger partial charge in [-0.05, 0) is 36.2 Å². The molecule has 1 N–H and O–H groups in total. The van der Waals surface area contributed by atoms with Crippen LogP contribution in [0.4, 0.5) is 4.39 Å². The highest BCUT2D eigenvalue weighted by molar-refractivity contribution is 5.31. The summed E-state index contributed by atoms with van der Waals surface area (Å²) in [6.45, 7) is 5.03. The Labute approximate surface area is 113 Å². The van der Waals surface area contributed by atoms with Gasteiger partial charge in [0.15, 0.2) is 0 Å². The second-order valence-corrected chi connectivity index (χ2v) is 4.49. The highest BCUT2D eigenvalue weighted by atomic mass is 19.1. The van der Waals surface area contributed by atoms with Gasteiger partial charge in [0.1, 0.15) is 5.82 Å². The minimum absolute atomic E-state index is 0.0112. The average Bonchev–Trinajstić information content (AvgIpc) is 2.46. The van der Waals surface area contributed by atoms with Crippen LogP contribution in [0.15, 0.2) is 42.6 Å². The molecule has 1 aromatic heterocycles. The van der Waals surface area contributed by atoms with Crippen LogP contribution >= 0.6 is 0 Å². The molecule has 0 saturated heterocycles. The first-order valence-corrected chi connectivity index (χ1v) is 6.68. The third-order valence-corrected chi connectivity index (χ3v) is 3.15. The van der Waals surface area contributed by atoms with E-state index >= 15 is 0 Å². The minimum atomic E-state index is -0.304. The number of rotatable bonds is 5. The van der Waals surface area contributed by atoms with Gasteiger partial charge in [-0.2, -0.15) is 0 Å². The summed E-state index contributed by atoms with van der Waals surface area (Å²) in [5.41, 5.74) is 3.30. The van der Waals surface area contributed by atoms with Gasteiger partial charge >= 0.3 is 0 Å². The molecule has 0 fully saturated rings. The van der Waals surface area contributed by atoms with Crippen LogP contribution in [0, 0.1) is 5.82 Å². The third kappa shape index (κ3) is 3.38. The highest BCUT2D eigenvalue weighted by Crippen LogP contribution is 2.21. The number of aromatic nitrogens is 1. The smallest absolute Gasteiger partial charge is 0.141 e. The maximum atomic E-state index is 13.0. The van der Waals surface area contributed by atoms with E-state index in [-0.39, 0.29) is 11.9 Å². The van der Waals surface area contributed by atoms with Crippen molar-refractivity contribution in [3.8, 4) is 0 Å². The lowest BCUT2D eigenvalue weighted by Crippen LogP contribution is -2.23. The topological polar surface area (TPSA) is 24.9 Å². The molecule has 1 heterocycles. The zero-order valence-electron chi connectivity index (χ0n) is 11.4. The van der Waals surface area contributed by atoms with E-state index < -0.39 is 0 Å². The summed E-state index contributed by atoms with van der Waals surface area (Å²) >= 11 is 0. The summed E-state index contributed by atoms with van der Waals surface area (Å²) in [6, 6.07) is 11.6. The van der Waals surface area contributed by atoms with Gasteiger partial charge in [-0.15, -0.1) is 0 Å². The van der Waals surface area contributed by atoms with Crippen molar-refractivity contribution in [3.05, 3.63) is 65.2 Å². The average molecular weight is 258 g/mol. The van der Waals surface area contributed by atoms with Gasteiger partial charge in [-0.25, -0.2) is 4.39 Å². The van der Waals surface area contributed by atoms with Gasteiger partial charge in [0.2, 0.25) is 0 Å². The van der Waals surface area contributed by atoms with Crippen LogP contribution < -0.4 is 5.32 Å². The van der Waals surface area contributed by atoms with E-state index in [9.17, 15) is 4.39 Å². The molecule has 0 bridgehead atoms. The molecule has 0 aliphatic rings. The van der Waals surface area contributed by atoms with Gasteiger partial charge in [0.05, 0.1) is 17.9 Å². The number of nitrogens with zero attached hydrogens (tertiary/aromatic N) is 1. The van der Waals surface area contributed by atoms with Gasteiger partial charge in [0, 0.05) is 0 Å². The summed E-state index contributed by atoms with van der Waals surface area (Å²) in [5, 5.41) is 3.40. The molecule has 0 radical (unpaired) electrons. The molecule has 2 aromatic rings. The van der Waals surface area contributed by atoms with Gasteiger partial charge < -0.3 is 5.32 Å². The molecule has 2 rings (SSSR count). The van der Waals surface area contributed by atoms with Crippen LogP contribution in [0.25, 0.3) is 0 Å². The van der Waals surface area contributed by atoms with Gasteiger partial charge in [0.25, 0.3) is 0 Å². The van der Waals surface area contributed by atoms with E-state index in [0.717, 1.165) is 18.7 Å². The Bertz CT molecular complexity index is 523. The molecule has 0 aliphatic heterocycles. The van der Waals surface area contributed by atoms with Crippen LogP contribution in [-0.2, 0) is 6.42 Å². The molecule has 0 spiro atoms. The highest BCUT2D eigenvalue weighted by Gasteiger charge is 2.14. The van der Waals surface area contributed by atoms with Crippen molar-refractivity contribution in [1.29, 1.82) is 0 Å². The van der Waals surface area contributed by atoms with Crippen LogP contribution in [0.5, 0.6) is 0 Å². The lowest BCUT2D eigenvalue weighted by molar-refractivity contribution is 0.594. The van der Waals surface area contributed by atoms with E-state index in [0.29, 0.717) is 0 Å². The zero-order chi connectivity index (χ0) is 13.7. The van der Waals surface area contributed by atoms with Crippen molar-refractivity contribution < 1.29 is 4.39 Å². The lowest BCUT2D eigenvalue weighted by Gasteiger charge is -2.18. The standard InChI is InChI=1S/C16H19FN2/c1-3-12-6-5-7-13(10-12)16(18-4-2)15-9-8-14(17)11-19-15/h5-11,16,18H,3-4H2,1-2H3. The van der Waals surface area contributed by atoms with Crippen molar-refractivity contribution in [2.24, 2.45) is 0 Å². The Balaban J connectivity index is 2.35. The Morgan fingerprint density at radius 1 is 1.21 bits per heavy atom. The fourth-order valence-electron chi connectivity index (χ4n) is 2.15. The first kappa shape index (κ1) is 13.7. The number of nitrogens with one attached hydrogen (secondary N) is 1. The fraction of sp³-hybridized carbons (Fsp3) is 0.312. The number of hydrogen-bond donors (Lipinski definition) is 1. The maximum Gasteiger partial charge on any atom is 0.141 e. The second kappa shape index (κ2) is 6.43. The zero-order valence-corrected chi connectivity index (χ0v) is 11.4. The molecule has 0 saturated carbocycles. The van der Waals surface area contributed by atoms with E-state index in [4.69, 9.17) is 0 Å². The first-order valence-electron chi connectivity index (χ1n) is 6.68. The molecule has 3 heteroatoms. The third-order valence-electron chi connectivity index (χ3n) is 3.15. The minimum Gasteiger partial charge on any atom is -0.305 e. The molecular weight excluding hydrogens is 239 g/mol. The van der Waals surface area contributed by atoms with Crippen molar-refractivity contribution in [1.82, 2.24) is 10.3 Å². The molecule has 1 atom stereocenters. The maximum absolute atomic E-state index is 13.0. The van der Waals surface area contributed by atoms with Crippen molar-refractivity contribution >= 4 is 0 Å². The molecular formula is C16H19FN2. The normalized spacial score (nSPS) is 12.4. The van der Waals surface area contributed by atoms with E-state index in [1.54, 1.807) is 6.07 Å². The number of hydrogen-bond acceptors (Lipinski definition) is 2. The number of pyridine rings is 1. The Morgan fingerprint density at radius 3 is 2.68 bits per heavy atom. The monoisotopic (exact) mass is 258 g/mol. The molecule has 100 valence electrons. The van der Waals surface area contributed by atoms with Crippen LogP contribution in [-0.4, -0.2) is 11.5 Å². The fourth-order valence-corrected chi connectivity index (χ4v) is 2.15. The predicted octanol–water partition coefficient (Wildman–Crippen LogP) is 3.48. The summed E-state index contributed by atoms with van der Waals surface area (Å²) in [7, 11) is 0. The number of aryl methyl sites for hydroxylation is 1. The van der Waals surface area contributed by atoms with Crippen LogP contribution in [0.3, 0.4) is 0 Å². The second-order valence-electron chi connectivity index (χ2n) is 4.49. The van der Waals surface area contributed by atoms with Crippen molar-refractivity contribution in [2.45, 2.75) is 26.3 Å². The molecule has 19 heavy (non-hydrogen) atoms. The lowest BCUT2D eigenvalue weighted by atomic mass is 10.00. The van der Waals surface area contributed by atoms with Crippen LogP contribution in [0.2, 0.25) is 0 Å². The number of halogens is 1. The largest absolute Gasteiger partial charge is 0.305 e. The Kier molecular flexibility index (Phi) is 4.63. The van der Waals surface area contributed by atoms with E-state index in [2.05, 4.69) is 48.4 Å². The Hall–Kier alpha value is -1.74. The molecule has 0 aliphatic carbocycles. The van der Waals surface area contributed by atoms with E-state index in [1.165, 1.54) is 23.4 Å². The summed E-state index contributed by atoms with van der Waals surface area (Å²) < 4.78 is 13.0. The van der Waals surface area contributed by atoms with Crippen LogP contribution in [0.1, 0.15) is 36.7 Å². The summed E-state index contributed by atoms with van der Waals surface area (Å²) in [5.74, 6) is -0.304. The van der Waals surface area contributed by atoms with Gasteiger partial charge in [-0.3, -0.25) is 4.98 Å². The molecule has 1 unspecified atom stereocenters. The van der Waals surface area contributed by atoms with Gasteiger partial charge in [-0.1, -0.05) is 38.1 Å². The Morgan fingerprint density at radius 2 is 2.05 bits per heavy atom. The summed E-state index contributed by atoms with van der Waals surface area (Å²) in [4.78, 5) is 4.19. The predicted molar refractivity (Wildman–Crippen MR) is 75.5 cm³/mol. The summed E-state index contributed by atoms with van der Waals surface area (Å²) in [6.07, 6.45) is 2.27. The van der Waals surface area contributed by atoms with Crippen molar-refractivity contribution in [3.63, 3.8) is 0 Å². The first-order chi connectivity index (χ1) is 9.24. The van der Waals surface area contributed by atoms with Crippen molar-refractivity contribution in [2.75, 3.05) is 6.54 Å². The SMILES string of the molecule is CCNC(c1cccc(CC)c1)c1ccc(F)cn1. The molecule has 2 nitrogen and oxygen atoms in total. The molecule has 1 aromatic carbocycles. The quantitative estimate of drug-likeness (QED) is 0.888. The van der Waals surface area contributed by atoms with E-state index in [1.807, 2.05) is 0 Å².